The number of hydrogen-bond donors (Lipinski definition) is 1. The number of carbonyl (C=O) groups is 1. The lowest BCUT2D eigenvalue weighted by atomic mass is 10.1. The molecular formula is C11H14N2O2. The number of rotatable bonds is 4. The maximum Gasteiger partial charge on any atom is 0.313 e. The number of ether oxygens (including phenoxy) is 1. The first kappa shape index (κ1) is 9.96. The van der Waals surface area contributed by atoms with Gasteiger partial charge in [-0.2, -0.15) is 0 Å². The number of esters is 1. The van der Waals surface area contributed by atoms with Crippen LogP contribution in [0.15, 0.2) is 24.4 Å². The van der Waals surface area contributed by atoms with Crippen molar-refractivity contribution in [1.29, 1.82) is 0 Å². The first-order valence-electron chi connectivity index (χ1n) is 5.00. The summed E-state index contributed by atoms with van der Waals surface area (Å²) in [5.74, 6) is 0.679. The molecule has 1 aliphatic rings. The van der Waals surface area contributed by atoms with Crippen LogP contribution in [0.3, 0.4) is 0 Å². The molecule has 15 heavy (non-hydrogen) atoms. The second-order valence-electron chi connectivity index (χ2n) is 3.84. The molecule has 0 aliphatic heterocycles. The normalized spacial score (nSPS) is 16.9. The van der Waals surface area contributed by atoms with Crippen LogP contribution in [0.4, 0.5) is 5.82 Å². The highest BCUT2D eigenvalue weighted by atomic mass is 16.5. The van der Waals surface area contributed by atoms with Gasteiger partial charge in [-0.3, -0.25) is 4.79 Å². The summed E-state index contributed by atoms with van der Waals surface area (Å²) in [5.41, 5.74) is -0.299. The van der Waals surface area contributed by atoms with Crippen molar-refractivity contribution in [2.24, 2.45) is 5.41 Å². The minimum absolute atomic E-state index is 0.120. The molecule has 1 aromatic rings. The Morgan fingerprint density at radius 3 is 2.93 bits per heavy atom. The summed E-state index contributed by atoms with van der Waals surface area (Å²) >= 11 is 0. The maximum absolute atomic E-state index is 11.4. The molecule has 80 valence electrons. The summed E-state index contributed by atoms with van der Waals surface area (Å²) < 4.78 is 4.77. The van der Waals surface area contributed by atoms with Gasteiger partial charge in [-0.15, -0.1) is 0 Å². The third-order valence-electron chi connectivity index (χ3n) is 2.74. The Morgan fingerprint density at radius 2 is 2.40 bits per heavy atom. The highest BCUT2D eigenvalue weighted by molar-refractivity contribution is 5.80. The lowest BCUT2D eigenvalue weighted by molar-refractivity contribution is -0.146. The average molecular weight is 206 g/mol. The highest BCUT2D eigenvalue weighted by Gasteiger charge is 2.50. The highest BCUT2D eigenvalue weighted by Crippen LogP contribution is 2.46. The average Bonchev–Trinajstić information content (AvgIpc) is 3.08. The molecule has 1 fully saturated rings. The van der Waals surface area contributed by atoms with Crippen LogP contribution in [0.2, 0.25) is 0 Å². The molecule has 4 nitrogen and oxygen atoms in total. The fourth-order valence-corrected chi connectivity index (χ4v) is 1.55. The molecule has 0 spiro atoms. The number of nitrogens with one attached hydrogen (secondary N) is 1. The van der Waals surface area contributed by atoms with Gasteiger partial charge in [0, 0.05) is 12.7 Å². The molecule has 0 radical (unpaired) electrons. The summed E-state index contributed by atoms with van der Waals surface area (Å²) in [6, 6.07) is 5.65. The van der Waals surface area contributed by atoms with Gasteiger partial charge in [0.2, 0.25) is 0 Å². The number of hydrogen-bond acceptors (Lipinski definition) is 4. The summed E-state index contributed by atoms with van der Waals surface area (Å²) in [7, 11) is 1.43. The molecule has 1 saturated carbocycles. The lowest BCUT2D eigenvalue weighted by Gasteiger charge is -2.13. The van der Waals surface area contributed by atoms with E-state index < -0.39 is 0 Å². The van der Waals surface area contributed by atoms with Crippen LogP contribution >= 0.6 is 0 Å². The number of carbonyl (C=O) groups excluding carboxylic acids is 1. The van der Waals surface area contributed by atoms with Gasteiger partial charge in [-0.25, -0.2) is 4.98 Å². The zero-order valence-corrected chi connectivity index (χ0v) is 8.69. The van der Waals surface area contributed by atoms with Gasteiger partial charge in [0.1, 0.15) is 5.82 Å². The molecule has 2 rings (SSSR count). The minimum atomic E-state index is -0.299. The molecule has 1 heterocycles. The molecule has 1 aromatic heterocycles. The number of pyridine rings is 1. The predicted molar refractivity (Wildman–Crippen MR) is 56.4 cm³/mol. The first-order chi connectivity index (χ1) is 7.27. The van der Waals surface area contributed by atoms with Crippen LogP contribution in [0.5, 0.6) is 0 Å². The Hall–Kier alpha value is -1.58. The van der Waals surface area contributed by atoms with E-state index in [-0.39, 0.29) is 11.4 Å². The van der Waals surface area contributed by atoms with Crippen molar-refractivity contribution in [2.45, 2.75) is 12.8 Å². The monoisotopic (exact) mass is 206 g/mol. The number of methoxy groups -OCH3 is 1. The van der Waals surface area contributed by atoms with Crippen LogP contribution in [0, 0.1) is 5.41 Å². The van der Waals surface area contributed by atoms with Crippen molar-refractivity contribution in [1.82, 2.24) is 4.98 Å². The van der Waals surface area contributed by atoms with Crippen LogP contribution in [0.1, 0.15) is 12.8 Å². The van der Waals surface area contributed by atoms with Gasteiger partial charge in [0.05, 0.1) is 12.5 Å². The zero-order valence-electron chi connectivity index (χ0n) is 8.69. The molecule has 0 amide bonds. The van der Waals surface area contributed by atoms with E-state index in [2.05, 4.69) is 10.3 Å². The topological polar surface area (TPSA) is 51.2 Å². The van der Waals surface area contributed by atoms with E-state index in [1.807, 2.05) is 18.2 Å². The van der Waals surface area contributed by atoms with Crippen molar-refractivity contribution in [3.8, 4) is 0 Å². The van der Waals surface area contributed by atoms with Crippen LogP contribution in [0.25, 0.3) is 0 Å². The van der Waals surface area contributed by atoms with Crippen molar-refractivity contribution in [3.63, 3.8) is 0 Å². The van der Waals surface area contributed by atoms with Crippen molar-refractivity contribution in [3.05, 3.63) is 24.4 Å². The molecule has 1 N–H and O–H groups in total. The van der Waals surface area contributed by atoms with Crippen molar-refractivity contribution < 1.29 is 9.53 Å². The SMILES string of the molecule is COC(=O)C1(CNc2ccccn2)CC1. The molecular weight excluding hydrogens is 192 g/mol. The maximum atomic E-state index is 11.4. The number of nitrogens with zero attached hydrogens (tertiary/aromatic N) is 1. The summed E-state index contributed by atoms with van der Waals surface area (Å²) in [5, 5.41) is 3.15. The first-order valence-corrected chi connectivity index (χ1v) is 5.00. The van der Waals surface area contributed by atoms with E-state index in [9.17, 15) is 4.79 Å². The van der Waals surface area contributed by atoms with Crippen LogP contribution in [-0.2, 0) is 9.53 Å². The van der Waals surface area contributed by atoms with Gasteiger partial charge in [0.25, 0.3) is 0 Å². The van der Waals surface area contributed by atoms with Crippen LogP contribution in [-0.4, -0.2) is 24.6 Å². The Bertz CT molecular complexity index is 347. The Morgan fingerprint density at radius 1 is 1.60 bits per heavy atom. The van der Waals surface area contributed by atoms with Crippen molar-refractivity contribution >= 4 is 11.8 Å². The van der Waals surface area contributed by atoms with E-state index >= 15 is 0 Å². The fraction of sp³-hybridized carbons (Fsp3) is 0.455. The number of anilines is 1. The Kier molecular flexibility index (Phi) is 2.58. The van der Waals surface area contributed by atoms with E-state index in [0.29, 0.717) is 6.54 Å². The van der Waals surface area contributed by atoms with Gasteiger partial charge >= 0.3 is 5.97 Å². The molecule has 0 saturated heterocycles. The van der Waals surface area contributed by atoms with Crippen molar-refractivity contribution in [2.75, 3.05) is 19.0 Å². The fourth-order valence-electron chi connectivity index (χ4n) is 1.55. The Labute approximate surface area is 88.7 Å². The second-order valence-corrected chi connectivity index (χ2v) is 3.84. The smallest absolute Gasteiger partial charge is 0.313 e. The quantitative estimate of drug-likeness (QED) is 0.757. The van der Waals surface area contributed by atoms with Crippen LogP contribution < -0.4 is 5.32 Å². The van der Waals surface area contributed by atoms with E-state index in [4.69, 9.17) is 4.74 Å². The second kappa shape index (κ2) is 3.88. The Balaban J connectivity index is 1.91. The summed E-state index contributed by atoms with van der Waals surface area (Å²) in [6.45, 7) is 0.608. The third kappa shape index (κ3) is 2.09. The molecule has 0 aromatic carbocycles. The van der Waals surface area contributed by atoms with Gasteiger partial charge in [-0.05, 0) is 25.0 Å². The van der Waals surface area contributed by atoms with Gasteiger partial charge in [0.15, 0.2) is 0 Å². The minimum Gasteiger partial charge on any atom is -0.469 e. The zero-order chi connectivity index (χ0) is 10.7. The standard InChI is InChI=1S/C11H14N2O2/c1-15-10(14)11(5-6-11)8-13-9-4-2-3-7-12-9/h2-4,7H,5-6,8H2,1H3,(H,12,13). The molecule has 1 aliphatic carbocycles. The predicted octanol–water partition coefficient (Wildman–Crippen LogP) is 1.45. The number of aromatic nitrogens is 1. The molecule has 0 bridgehead atoms. The lowest BCUT2D eigenvalue weighted by Crippen LogP contribution is -2.26. The summed E-state index contributed by atoms with van der Waals surface area (Å²) in [6.07, 6.45) is 3.53. The van der Waals surface area contributed by atoms with E-state index in [0.717, 1.165) is 18.7 Å². The van der Waals surface area contributed by atoms with E-state index in [1.54, 1.807) is 6.20 Å². The largest absolute Gasteiger partial charge is 0.469 e. The van der Waals surface area contributed by atoms with Gasteiger partial charge < -0.3 is 10.1 Å². The third-order valence-corrected chi connectivity index (χ3v) is 2.74. The van der Waals surface area contributed by atoms with E-state index in [1.165, 1.54) is 7.11 Å². The summed E-state index contributed by atoms with van der Waals surface area (Å²) in [4.78, 5) is 15.6. The molecule has 4 heteroatoms. The molecule has 0 unspecified atom stereocenters. The van der Waals surface area contributed by atoms with Gasteiger partial charge in [-0.1, -0.05) is 6.07 Å². The molecule has 0 atom stereocenters.